The first-order chi connectivity index (χ1) is 12.5. The highest BCUT2D eigenvalue weighted by molar-refractivity contribution is 7.94. The number of carbonyl (C=O) groups excluding carboxylic acids is 1. The van der Waals surface area contributed by atoms with Gasteiger partial charge < -0.3 is 10.2 Å². The summed E-state index contributed by atoms with van der Waals surface area (Å²) in [7, 11) is -2.46. The number of rotatable bonds is 2. The Balaban J connectivity index is 1.53. The van der Waals surface area contributed by atoms with Gasteiger partial charge >= 0.3 is 0 Å². The van der Waals surface area contributed by atoms with E-state index in [9.17, 15) is 9.00 Å². The third-order valence-corrected chi connectivity index (χ3v) is 8.21. The summed E-state index contributed by atoms with van der Waals surface area (Å²) >= 11 is 0. The molecule has 1 aromatic rings. The molecular formula is C19H24N4O2S. The third kappa shape index (κ3) is 3.24. The molecule has 3 fully saturated rings. The SMILES string of the molecule is N#Cc1ccc(N2CCCC2C(=O)N=S2(=O)CCC3(CCCN3)C2)cc1. The van der Waals surface area contributed by atoms with E-state index in [1.54, 1.807) is 12.1 Å². The molecule has 0 radical (unpaired) electrons. The average Bonchev–Trinajstić information content (AvgIpc) is 3.36. The van der Waals surface area contributed by atoms with Crippen molar-refractivity contribution in [2.45, 2.75) is 43.7 Å². The molecule has 6 nitrogen and oxygen atoms in total. The van der Waals surface area contributed by atoms with E-state index in [0.29, 0.717) is 17.1 Å². The van der Waals surface area contributed by atoms with Gasteiger partial charge in [0.1, 0.15) is 6.04 Å². The Kier molecular flexibility index (Phi) is 4.49. The van der Waals surface area contributed by atoms with Gasteiger partial charge in [0.25, 0.3) is 5.91 Å². The van der Waals surface area contributed by atoms with Crippen LogP contribution in [0.4, 0.5) is 5.69 Å². The van der Waals surface area contributed by atoms with Crippen LogP contribution in [0.1, 0.15) is 37.7 Å². The van der Waals surface area contributed by atoms with Gasteiger partial charge in [0.2, 0.25) is 0 Å². The maximum Gasteiger partial charge on any atom is 0.276 e. The van der Waals surface area contributed by atoms with Gasteiger partial charge in [0.15, 0.2) is 0 Å². The summed E-state index contributed by atoms with van der Waals surface area (Å²) in [6.07, 6.45) is 4.65. The third-order valence-electron chi connectivity index (χ3n) is 5.86. The van der Waals surface area contributed by atoms with Gasteiger partial charge in [-0.1, -0.05) is 0 Å². The van der Waals surface area contributed by atoms with Gasteiger partial charge in [-0.2, -0.15) is 9.62 Å². The van der Waals surface area contributed by atoms with Crippen molar-refractivity contribution in [3.8, 4) is 6.07 Å². The van der Waals surface area contributed by atoms with Crippen molar-refractivity contribution >= 4 is 21.3 Å². The molecule has 3 unspecified atom stereocenters. The van der Waals surface area contributed by atoms with E-state index >= 15 is 0 Å². The monoisotopic (exact) mass is 372 g/mol. The number of benzene rings is 1. The lowest BCUT2D eigenvalue weighted by Gasteiger charge is -2.24. The van der Waals surface area contributed by atoms with Crippen LogP contribution in [0.3, 0.4) is 0 Å². The molecule has 7 heteroatoms. The average molecular weight is 372 g/mol. The zero-order valence-electron chi connectivity index (χ0n) is 14.8. The minimum absolute atomic E-state index is 0.0522. The van der Waals surface area contributed by atoms with Crippen molar-refractivity contribution in [1.82, 2.24) is 5.32 Å². The smallest absolute Gasteiger partial charge is 0.276 e. The van der Waals surface area contributed by atoms with Crippen molar-refractivity contribution in [3.63, 3.8) is 0 Å². The maximum absolute atomic E-state index is 13.2. The quantitative estimate of drug-likeness (QED) is 0.859. The standard InChI is InChI=1S/C19H24N4O2S/c20-13-15-4-6-16(7-5-15)23-11-1-3-17(23)18(24)22-26(25)12-9-19(14-26)8-2-10-21-19/h4-7,17,21H,1-3,8-12,14H2. The van der Waals surface area contributed by atoms with Crippen LogP contribution in [-0.2, 0) is 14.5 Å². The molecular weight excluding hydrogens is 348 g/mol. The van der Waals surface area contributed by atoms with Crippen LogP contribution < -0.4 is 10.2 Å². The summed E-state index contributed by atoms with van der Waals surface area (Å²) in [5.74, 6) is 0.789. The molecule has 1 spiro atoms. The second-order valence-electron chi connectivity index (χ2n) is 7.62. The predicted octanol–water partition coefficient (Wildman–Crippen LogP) is 2.05. The van der Waals surface area contributed by atoms with E-state index < -0.39 is 9.73 Å². The fourth-order valence-electron chi connectivity index (χ4n) is 4.50. The summed E-state index contributed by atoms with van der Waals surface area (Å²) < 4.78 is 17.4. The van der Waals surface area contributed by atoms with Crippen LogP contribution >= 0.6 is 0 Å². The molecule has 0 aliphatic carbocycles. The minimum Gasteiger partial charge on any atom is -0.359 e. The number of carbonyl (C=O) groups is 1. The Morgan fingerprint density at radius 1 is 1.31 bits per heavy atom. The lowest BCUT2D eigenvalue weighted by atomic mass is 9.97. The molecule has 138 valence electrons. The second-order valence-corrected chi connectivity index (χ2v) is 10.0. The van der Waals surface area contributed by atoms with Gasteiger partial charge in [-0.05, 0) is 62.9 Å². The van der Waals surface area contributed by atoms with Crippen molar-refractivity contribution in [2.75, 3.05) is 29.5 Å². The zero-order chi connectivity index (χ0) is 18.2. The number of anilines is 1. The van der Waals surface area contributed by atoms with E-state index in [1.807, 2.05) is 17.0 Å². The molecule has 4 rings (SSSR count). The Morgan fingerprint density at radius 2 is 2.12 bits per heavy atom. The molecule has 3 saturated heterocycles. The minimum atomic E-state index is -2.46. The molecule has 3 aliphatic heterocycles. The first-order valence-corrected chi connectivity index (χ1v) is 11.2. The summed E-state index contributed by atoms with van der Waals surface area (Å²) in [5.41, 5.74) is 1.47. The van der Waals surface area contributed by atoms with E-state index in [2.05, 4.69) is 15.7 Å². The molecule has 3 aliphatic rings. The maximum atomic E-state index is 13.2. The number of hydrogen-bond acceptors (Lipinski definition) is 5. The Morgan fingerprint density at radius 3 is 2.81 bits per heavy atom. The van der Waals surface area contributed by atoms with Gasteiger partial charge in [-0.15, -0.1) is 0 Å². The van der Waals surface area contributed by atoms with Crippen LogP contribution in [0, 0.1) is 11.3 Å². The van der Waals surface area contributed by atoms with Crippen LogP contribution in [-0.4, -0.2) is 46.3 Å². The van der Waals surface area contributed by atoms with Gasteiger partial charge in [0.05, 0.1) is 27.1 Å². The van der Waals surface area contributed by atoms with Crippen LogP contribution in [0.2, 0.25) is 0 Å². The van der Waals surface area contributed by atoms with Crippen LogP contribution in [0.15, 0.2) is 28.6 Å². The lowest BCUT2D eigenvalue weighted by Crippen LogP contribution is -2.41. The number of nitrogens with zero attached hydrogens (tertiary/aromatic N) is 3. The zero-order valence-corrected chi connectivity index (χ0v) is 15.6. The summed E-state index contributed by atoms with van der Waals surface area (Å²) in [6.45, 7) is 1.75. The predicted molar refractivity (Wildman–Crippen MR) is 101 cm³/mol. The molecule has 1 N–H and O–H groups in total. The molecule has 3 heterocycles. The normalized spacial score (nSPS) is 33.5. The topological polar surface area (TPSA) is 85.6 Å². The van der Waals surface area contributed by atoms with Gasteiger partial charge in [-0.25, -0.2) is 4.21 Å². The molecule has 0 saturated carbocycles. The first-order valence-electron chi connectivity index (χ1n) is 9.31. The van der Waals surface area contributed by atoms with Crippen LogP contribution in [0.25, 0.3) is 0 Å². The molecule has 1 amide bonds. The number of amides is 1. The Labute approximate surface area is 154 Å². The Hall–Kier alpha value is -1.91. The molecule has 0 bridgehead atoms. The van der Waals surface area contributed by atoms with Crippen molar-refractivity contribution in [2.24, 2.45) is 4.36 Å². The Bertz CT molecular complexity index is 859. The molecule has 1 aromatic carbocycles. The van der Waals surface area contributed by atoms with E-state index in [4.69, 9.17) is 5.26 Å². The number of nitrogens with one attached hydrogen (secondary N) is 1. The second kappa shape index (κ2) is 6.67. The van der Waals surface area contributed by atoms with Crippen molar-refractivity contribution < 1.29 is 9.00 Å². The summed E-state index contributed by atoms with van der Waals surface area (Å²) in [4.78, 5) is 14.9. The summed E-state index contributed by atoms with van der Waals surface area (Å²) in [5, 5.41) is 12.4. The first kappa shape index (κ1) is 17.5. The largest absolute Gasteiger partial charge is 0.359 e. The number of nitriles is 1. The van der Waals surface area contributed by atoms with Crippen molar-refractivity contribution in [3.05, 3.63) is 29.8 Å². The highest BCUT2D eigenvalue weighted by Crippen LogP contribution is 2.33. The van der Waals surface area contributed by atoms with Gasteiger partial charge in [0, 0.05) is 23.5 Å². The molecule has 0 aromatic heterocycles. The van der Waals surface area contributed by atoms with Crippen molar-refractivity contribution in [1.29, 1.82) is 5.26 Å². The number of hydrogen-bond donors (Lipinski definition) is 1. The fraction of sp³-hybridized carbons (Fsp3) is 0.579. The van der Waals surface area contributed by atoms with E-state index in [1.165, 1.54) is 0 Å². The molecule has 26 heavy (non-hydrogen) atoms. The summed E-state index contributed by atoms with van der Waals surface area (Å²) in [6, 6.07) is 9.04. The van der Waals surface area contributed by atoms with E-state index in [0.717, 1.165) is 50.9 Å². The van der Waals surface area contributed by atoms with Crippen LogP contribution in [0.5, 0.6) is 0 Å². The lowest BCUT2D eigenvalue weighted by molar-refractivity contribution is -0.118. The van der Waals surface area contributed by atoms with Gasteiger partial charge in [-0.3, -0.25) is 4.79 Å². The highest BCUT2D eigenvalue weighted by Gasteiger charge is 2.43. The fourth-order valence-corrected chi connectivity index (χ4v) is 7.21. The highest BCUT2D eigenvalue weighted by atomic mass is 32.2. The van der Waals surface area contributed by atoms with E-state index in [-0.39, 0.29) is 17.5 Å². The molecule has 3 atom stereocenters.